The molecule has 0 saturated heterocycles. The lowest BCUT2D eigenvalue weighted by Gasteiger charge is -2.18. The number of benzene rings is 2. The summed E-state index contributed by atoms with van der Waals surface area (Å²) in [5.74, 6) is 1.26. The predicted molar refractivity (Wildman–Crippen MR) is 126 cm³/mol. The van der Waals surface area contributed by atoms with Gasteiger partial charge in [-0.3, -0.25) is 4.79 Å². The highest BCUT2D eigenvalue weighted by Crippen LogP contribution is 2.26. The first-order chi connectivity index (χ1) is 15.2. The summed E-state index contributed by atoms with van der Waals surface area (Å²) in [6, 6.07) is 11.2. The number of carbonyl (C=O) groups is 1. The molecule has 170 valence electrons. The molecule has 0 fully saturated rings. The lowest BCUT2D eigenvalue weighted by atomic mass is 10.2. The average molecular weight is 477 g/mol. The third-order valence-electron chi connectivity index (χ3n) is 4.58. The molecule has 6 nitrogen and oxygen atoms in total. The Kier molecular flexibility index (Phi) is 8.15. The molecule has 3 rings (SSSR count). The molecule has 1 amide bonds. The zero-order chi connectivity index (χ0) is 23.3. The van der Waals surface area contributed by atoms with Gasteiger partial charge in [0.25, 0.3) is 0 Å². The summed E-state index contributed by atoms with van der Waals surface area (Å²) < 4.78 is 21.1. The summed E-state index contributed by atoms with van der Waals surface area (Å²) in [6.07, 6.45) is -0.397. The van der Waals surface area contributed by atoms with Crippen molar-refractivity contribution in [2.24, 2.45) is 5.92 Å². The molecule has 0 radical (unpaired) electrons. The lowest BCUT2D eigenvalue weighted by Crippen LogP contribution is -2.17. The van der Waals surface area contributed by atoms with Gasteiger partial charge in [-0.2, -0.15) is 0 Å². The van der Waals surface area contributed by atoms with Crippen LogP contribution in [0.15, 0.2) is 47.6 Å². The first-order valence-corrected chi connectivity index (χ1v) is 11.6. The normalized spacial score (nSPS) is 12.1. The highest BCUT2D eigenvalue weighted by atomic mass is 35.5. The Labute approximate surface area is 196 Å². The monoisotopic (exact) mass is 476 g/mol. The smallest absolute Gasteiger partial charge is 0.234 e. The van der Waals surface area contributed by atoms with Crippen molar-refractivity contribution in [1.29, 1.82) is 0 Å². The number of amides is 1. The average Bonchev–Trinajstić information content (AvgIpc) is 3.12. The Morgan fingerprint density at radius 2 is 1.91 bits per heavy atom. The standard InChI is InChI=1S/C23H26ClFN4O2S/c1-14(2)12-29-22(16(4)31-19-8-6-18(25)7-9-19)27-28-23(29)32-13-21(30)26-20-10-5-17(24)11-15(20)3/h5-11,14,16H,12-13H2,1-4H3,(H,26,30). The molecule has 1 unspecified atom stereocenters. The Hall–Kier alpha value is -2.58. The SMILES string of the molecule is Cc1cc(Cl)ccc1NC(=O)CSc1nnc(C(C)Oc2ccc(F)cc2)n1CC(C)C. The number of hydrogen-bond donors (Lipinski definition) is 1. The molecule has 9 heteroatoms. The van der Waals surface area contributed by atoms with E-state index in [2.05, 4.69) is 29.4 Å². The Balaban J connectivity index is 1.69. The van der Waals surface area contributed by atoms with Crippen LogP contribution < -0.4 is 10.1 Å². The molecule has 0 aliphatic heterocycles. The summed E-state index contributed by atoms with van der Waals surface area (Å²) in [7, 11) is 0. The number of ether oxygens (including phenoxy) is 1. The van der Waals surface area contributed by atoms with Gasteiger partial charge in [-0.15, -0.1) is 10.2 Å². The molecule has 1 N–H and O–H groups in total. The van der Waals surface area contributed by atoms with Crippen molar-refractivity contribution in [3.8, 4) is 5.75 Å². The van der Waals surface area contributed by atoms with Gasteiger partial charge < -0.3 is 14.6 Å². The number of nitrogens with zero attached hydrogens (tertiary/aromatic N) is 3. The molecule has 3 aromatic rings. The first kappa shape index (κ1) is 24.1. The predicted octanol–water partition coefficient (Wildman–Crippen LogP) is 5.91. The van der Waals surface area contributed by atoms with E-state index in [-0.39, 0.29) is 17.5 Å². The van der Waals surface area contributed by atoms with Gasteiger partial charge in [-0.25, -0.2) is 4.39 Å². The van der Waals surface area contributed by atoms with E-state index >= 15 is 0 Å². The van der Waals surface area contributed by atoms with Gasteiger partial charge in [0.15, 0.2) is 17.1 Å². The van der Waals surface area contributed by atoms with Crippen LogP contribution in [0.1, 0.15) is 38.3 Å². The molecular weight excluding hydrogens is 451 g/mol. The second-order valence-corrected chi connectivity index (χ2v) is 9.23. The second-order valence-electron chi connectivity index (χ2n) is 7.86. The highest BCUT2D eigenvalue weighted by Gasteiger charge is 2.21. The number of carbonyl (C=O) groups excluding carboxylic acids is 1. The molecule has 0 saturated carbocycles. The summed E-state index contributed by atoms with van der Waals surface area (Å²) in [6.45, 7) is 8.64. The fraction of sp³-hybridized carbons (Fsp3) is 0.348. The maximum Gasteiger partial charge on any atom is 0.234 e. The van der Waals surface area contributed by atoms with Gasteiger partial charge in [0.2, 0.25) is 5.91 Å². The number of thioether (sulfide) groups is 1. The number of halogens is 2. The van der Waals surface area contributed by atoms with Gasteiger partial charge in [0, 0.05) is 17.3 Å². The molecule has 1 atom stereocenters. The van der Waals surface area contributed by atoms with E-state index in [1.807, 2.05) is 18.4 Å². The van der Waals surface area contributed by atoms with Gasteiger partial charge in [-0.1, -0.05) is 37.2 Å². The van der Waals surface area contributed by atoms with Crippen molar-refractivity contribution in [2.45, 2.75) is 45.5 Å². The molecular formula is C23H26ClFN4O2S. The van der Waals surface area contributed by atoms with Crippen molar-refractivity contribution < 1.29 is 13.9 Å². The third kappa shape index (κ3) is 6.46. The van der Waals surface area contributed by atoms with Gasteiger partial charge in [0.05, 0.1) is 5.75 Å². The van der Waals surface area contributed by atoms with E-state index in [4.69, 9.17) is 16.3 Å². The molecule has 1 aromatic heterocycles. The molecule has 1 heterocycles. The van der Waals surface area contributed by atoms with Crippen LogP contribution in [0, 0.1) is 18.7 Å². The number of anilines is 1. The van der Waals surface area contributed by atoms with Gasteiger partial charge in [-0.05, 0) is 67.8 Å². The Morgan fingerprint density at radius 1 is 1.19 bits per heavy atom. The number of nitrogens with one attached hydrogen (secondary N) is 1. The molecule has 32 heavy (non-hydrogen) atoms. The van der Waals surface area contributed by atoms with E-state index in [1.54, 1.807) is 30.3 Å². The van der Waals surface area contributed by atoms with Crippen molar-refractivity contribution in [3.63, 3.8) is 0 Å². The van der Waals surface area contributed by atoms with Crippen LogP contribution in [-0.4, -0.2) is 26.4 Å². The minimum atomic E-state index is -0.397. The molecule has 0 bridgehead atoms. The van der Waals surface area contributed by atoms with Gasteiger partial charge in [0.1, 0.15) is 11.6 Å². The van der Waals surface area contributed by atoms with Crippen LogP contribution in [0.5, 0.6) is 5.75 Å². The van der Waals surface area contributed by atoms with E-state index < -0.39 is 6.10 Å². The first-order valence-electron chi connectivity index (χ1n) is 10.3. The highest BCUT2D eigenvalue weighted by molar-refractivity contribution is 7.99. The zero-order valence-electron chi connectivity index (χ0n) is 18.4. The van der Waals surface area contributed by atoms with Crippen molar-refractivity contribution >= 4 is 35.0 Å². The molecule has 0 aliphatic carbocycles. The largest absolute Gasteiger partial charge is 0.483 e. The maximum atomic E-state index is 13.2. The minimum absolute atomic E-state index is 0.142. The third-order valence-corrected chi connectivity index (χ3v) is 5.78. The molecule has 0 spiro atoms. The number of aromatic nitrogens is 3. The van der Waals surface area contributed by atoms with E-state index in [0.29, 0.717) is 34.2 Å². The quantitative estimate of drug-likeness (QED) is 0.389. The summed E-state index contributed by atoms with van der Waals surface area (Å²) in [5, 5.41) is 12.8. The van der Waals surface area contributed by atoms with Crippen molar-refractivity contribution in [3.05, 3.63) is 64.7 Å². The van der Waals surface area contributed by atoms with Gasteiger partial charge >= 0.3 is 0 Å². The van der Waals surface area contributed by atoms with Crippen LogP contribution in [0.2, 0.25) is 5.02 Å². The van der Waals surface area contributed by atoms with E-state index in [1.165, 1.54) is 23.9 Å². The fourth-order valence-electron chi connectivity index (χ4n) is 3.10. The zero-order valence-corrected chi connectivity index (χ0v) is 20.0. The minimum Gasteiger partial charge on any atom is -0.483 e. The lowest BCUT2D eigenvalue weighted by molar-refractivity contribution is -0.113. The Bertz CT molecular complexity index is 1070. The number of hydrogen-bond acceptors (Lipinski definition) is 5. The van der Waals surface area contributed by atoms with Crippen LogP contribution >= 0.6 is 23.4 Å². The Morgan fingerprint density at radius 3 is 2.56 bits per heavy atom. The maximum absolute atomic E-state index is 13.2. The van der Waals surface area contributed by atoms with E-state index in [9.17, 15) is 9.18 Å². The fourth-order valence-corrected chi connectivity index (χ4v) is 4.08. The number of aryl methyl sites for hydroxylation is 1. The summed E-state index contributed by atoms with van der Waals surface area (Å²) in [5.41, 5.74) is 1.62. The molecule has 0 aliphatic rings. The van der Waals surface area contributed by atoms with Crippen LogP contribution in [0.4, 0.5) is 10.1 Å². The summed E-state index contributed by atoms with van der Waals surface area (Å²) in [4.78, 5) is 12.5. The number of rotatable bonds is 9. The van der Waals surface area contributed by atoms with Crippen LogP contribution in [-0.2, 0) is 11.3 Å². The van der Waals surface area contributed by atoms with Crippen LogP contribution in [0.3, 0.4) is 0 Å². The van der Waals surface area contributed by atoms with Crippen LogP contribution in [0.25, 0.3) is 0 Å². The second kappa shape index (κ2) is 10.8. The topological polar surface area (TPSA) is 69.0 Å². The van der Waals surface area contributed by atoms with Crippen molar-refractivity contribution in [1.82, 2.24) is 14.8 Å². The van der Waals surface area contributed by atoms with Crippen molar-refractivity contribution in [2.75, 3.05) is 11.1 Å². The summed E-state index contributed by atoms with van der Waals surface area (Å²) >= 11 is 7.30. The molecule has 2 aromatic carbocycles. The van der Waals surface area contributed by atoms with E-state index in [0.717, 1.165) is 11.3 Å².